The van der Waals surface area contributed by atoms with Crippen molar-refractivity contribution in [3.8, 4) is 11.5 Å². The van der Waals surface area contributed by atoms with E-state index in [2.05, 4.69) is 89.2 Å². The first-order valence-corrected chi connectivity index (χ1v) is 10.1. The molecular weight excluding hydrogens is 356 g/mol. The van der Waals surface area contributed by atoms with Gasteiger partial charge in [-0.3, -0.25) is 0 Å². The van der Waals surface area contributed by atoms with Crippen LogP contribution in [0.5, 0.6) is 11.5 Å². The lowest BCUT2D eigenvalue weighted by molar-refractivity contribution is 0.410. The molecule has 29 heavy (non-hydrogen) atoms. The molecule has 3 rings (SSSR count). The number of ether oxygens (including phenoxy) is 2. The van der Waals surface area contributed by atoms with Crippen LogP contribution >= 0.6 is 0 Å². The summed E-state index contributed by atoms with van der Waals surface area (Å²) in [7, 11) is 3.45. The van der Waals surface area contributed by atoms with Crippen LogP contribution < -0.4 is 9.47 Å². The highest BCUT2D eigenvalue weighted by Crippen LogP contribution is 2.40. The van der Waals surface area contributed by atoms with Crippen molar-refractivity contribution in [2.75, 3.05) is 14.2 Å². The molecule has 3 aromatic carbocycles. The van der Waals surface area contributed by atoms with Gasteiger partial charge in [-0.2, -0.15) is 0 Å². The van der Waals surface area contributed by atoms with Crippen LogP contribution in [0.15, 0.2) is 48.5 Å². The highest BCUT2D eigenvalue weighted by atomic mass is 16.5. The molecule has 0 amide bonds. The molecular formula is C27H31O2. The normalized spacial score (nSPS) is 11.4. The summed E-state index contributed by atoms with van der Waals surface area (Å²) in [6.07, 6.45) is 0.914. The largest absolute Gasteiger partial charge is 0.496 e. The molecule has 0 fully saturated rings. The molecule has 1 radical (unpaired) electrons. The van der Waals surface area contributed by atoms with Crippen molar-refractivity contribution in [2.24, 2.45) is 0 Å². The molecule has 0 bridgehead atoms. The Morgan fingerprint density at radius 1 is 0.724 bits per heavy atom. The van der Waals surface area contributed by atoms with Gasteiger partial charge in [0.05, 0.1) is 14.2 Å². The van der Waals surface area contributed by atoms with E-state index in [1.54, 1.807) is 14.2 Å². The van der Waals surface area contributed by atoms with Crippen molar-refractivity contribution in [3.05, 3.63) is 93.5 Å². The van der Waals surface area contributed by atoms with Gasteiger partial charge >= 0.3 is 0 Å². The molecule has 0 saturated heterocycles. The molecule has 3 aromatic rings. The highest BCUT2D eigenvalue weighted by Gasteiger charge is 2.31. The summed E-state index contributed by atoms with van der Waals surface area (Å²) in [6.45, 7) is 10.9. The minimum absolute atomic E-state index is 0.190. The molecule has 0 saturated carbocycles. The van der Waals surface area contributed by atoms with Crippen LogP contribution in [0.2, 0.25) is 0 Å². The average molecular weight is 388 g/mol. The Hall–Kier alpha value is -2.74. The first kappa shape index (κ1) is 21.0. The van der Waals surface area contributed by atoms with Crippen molar-refractivity contribution >= 4 is 0 Å². The number of benzene rings is 3. The summed E-state index contributed by atoms with van der Waals surface area (Å²) in [5, 5.41) is 0. The first-order chi connectivity index (χ1) is 13.8. The van der Waals surface area contributed by atoms with Gasteiger partial charge in [-0.1, -0.05) is 43.3 Å². The Kier molecular flexibility index (Phi) is 6.02. The van der Waals surface area contributed by atoms with Gasteiger partial charge in [0.1, 0.15) is 11.5 Å². The number of hydrogen-bond donors (Lipinski definition) is 0. The molecule has 0 aliphatic heterocycles. The lowest BCUT2D eigenvalue weighted by Gasteiger charge is -2.33. The van der Waals surface area contributed by atoms with Crippen molar-refractivity contribution < 1.29 is 9.47 Å². The second-order valence-corrected chi connectivity index (χ2v) is 8.18. The van der Waals surface area contributed by atoms with Gasteiger partial charge in [0.2, 0.25) is 0 Å². The van der Waals surface area contributed by atoms with Crippen LogP contribution in [-0.4, -0.2) is 14.2 Å². The first-order valence-electron chi connectivity index (χ1n) is 10.1. The van der Waals surface area contributed by atoms with E-state index in [0.717, 1.165) is 29.0 Å². The van der Waals surface area contributed by atoms with Gasteiger partial charge < -0.3 is 9.47 Å². The van der Waals surface area contributed by atoms with Gasteiger partial charge in [-0.15, -0.1) is 0 Å². The van der Waals surface area contributed by atoms with E-state index in [1.165, 1.54) is 27.8 Å². The summed E-state index contributed by atoms with van der Waals surface area (Å²) < 4.78 is 11.0. The Balaban J connectivity index is 2.20. The zero-order valence-electron chi connectivity index (χ0n) is 18.6. The molecule has 0 aromatic heterocycles. The van der Waals surface area contributed by atoms with E-state index < -0.39 is 0 Å². The van der Waals surface area contributed by atoms with Crippen molar-refractivity contribution in [1.82, 2.24) is 0 Å². The number of hydrogen-bond acceptors (Lipinski definition) is 2. The van der Waals surface area contributed by atoms with Gasteiger partial charge in [-0.05, 0) is 91.3 Å². The number of methoxy groups -OCH3 is 2. The minimum Gasteiger partial charge on any atom is -0.496 e. The van der Waals surface area contributed by atoms with Gasteiger partial charge in [0.15, 0.2) is 0 Å². The molecule has 2 heteroatoms. The Morgan fingerprint density at radius 3 is 1.55 bits per heavy atom. The van der Waals surface area contributed by atoms with Gasteiger partial charge in [0.25, 0.3) is 0 Å². The maximum Gasteiger partial charge on any atom is 0.121 e. The molecule has 0 spiro atoms. The summed E-state index contributed by atoms with van der Waals surface area (Å²) in [4.78, 5) is 0. The zero-order chi connectivity index (χ0) is 21.2. The fourth-order valence-corrected chi connectivity index (χ4v) is 4.22. The Labute approximate surface area is 175 Å². The fourth-order valence-electron chi connectivity index (χ4n) is 4.22. The summed E-state index contributed by atoms with van der Waals surface area (Å²) in [6, 6.07) is 20.5. The summed E-state index contributed by atoms with van der Waals surface area (Å²) in [5.41, 5.74) is 8.63. The van der Waals surface area contributed by atoms with Crippen LogP contribution in [0.1, 0.15) is 45.9 Å². The van der Waals surface area contributed by atoms with Gasteiger partial charge in [-0.25, -0.2) is 0 Å². The molecule has 151 valence electrons. The fraction of sp³-hybridized carbons (Fsp3) is 0.333. The number of aryl methyl sites for hydroxylation is 4. The van der Waals surface area contributed by atoms with E-state index in [0.29, 0.717) is 0 Å². The van der Waals surface area contributed by atoms with Crippen LogP contribution in [-0.2, 0) is 11.8 Å². The molecule has 0 atom stereocenters. The molecule has 0 unspecified atom stereocenters. The van der Waals surface area contributed by atoms with Crippen LogP contribution in [0, 0.1) is 33.8 Å². The van der Waals surface area contributed by atoms with E-state index in [1.807, 2.05) is 0 Å². The average Bonchev–Trinajstić information content (AvgIpc) is 2.70. The van der Waals surface area contributed by atoms with E-state index in [9.17, 15) is 0 Å². The van der Waals surface area contributed by atoms with E-state index >= 15 is 0 Å². The highest BCUT2D eigenvalue weighted by molar-refractivity contribution is 5.50. The second-order valence-electron chi connectivity index (χ2n) is 8.18. The monoisotopic (exact) mass is 387 g/mol. The summed E-state index contributed by atoms with van der Waals surface area (Å²) in [5.74, 6) is 1.84. The molecule has 0 heterocycles. The van der Waals surface area contributed by atoms with Crippen LogP contribution in [0.4, 0.5) is 0 Å². The van der Waals surface area contributed by atoms with Crippen LogP contribution in [0.3, 0.4) is 0 Å². The SMILES string of the molecule is COc1ccc(C(C)(Cc2c(C)c[c]cc2C)c2ccc(OC)c(C)c2)cc1C. The lowest BCUT2D eigenvalue weighted by atomic mass is 9.70. The maximum atomic E-state index is 5.50. The Morgan fingerprint density at radius 2 is 1.17 bits per heavy atom. The molecule has 0 aliphatic rings. The predicted molar refractivity (Wildman–Crippen MR) is 120 cm³/mol. The van der Waals surface area contributed by atoms with Crippen LogP contribution in [0.25, 0.3) is 0 Å². The van der Waals surface area contributed by atoms with Crippen molar-refractivity contribution in [2.45, 2.75) is 46.5 Å². The Bertz CT molecular complexity index is 943. The van der Waals surface area contributed by atoms with Crippen molar-refractivity contribution in [1.29, 1.82) is 0 Å². The third-order valence-corrected chi connectivity index (χ3v) is 6.15. The third-order valence-electron chi connectivity index (χ3n) is 6.15. The third kappa shape index (κ3) is 4.03. The molecule has 2 nitrogen and oxygen atoms in total. The minimum atomic E-state index is -0.190. The number of rotatable bonds is 6. The van der Waals surface area contributed by atoms with Crippen molar-refractivity contribution in [3.63, 3.8) is 0 Å². The quantitative estimate of drug-likeness (QED) is 0.495. The van der Waals surface area contributed by atoms with E-state index in [4.69, 9.17) is 9.47 Å². The zero-order valence-corrected chi connectivity index (χ0v) is 18.6. The second kappa shape index (κ2) is 8.32. The van der Waals surface area contributed by atoms with Gasteiger partial charge in [0, 0.05) is 5.41 Å². The predicted octanol–water partition coefficient (Wildman–Crippen LogP) is 6.29. The topological polar surface area (TPSA) is 18.5 Å². The molecule has 0 N–H and O–H groups in total. The standard InChI is InChI=1S/C27H31O2/c1-18-9-8-10-19(2)24(18)17-27(5,22-11-13-25(28-6)20(3)15-22)23-12-14-26(29-7)21(4)16-23/h9-16H,17H2,1-7H3. The molecule has 0 aliphatic carbocycles. The van der Waals surface area contributed by atoms with E-state index in [-0.39, 0.29) is 5.41 Å². The maximum absolute atomic E-state index is 5.50. The lowest BCUT2D eigenvalue weighted by Crippen LogP contribution is -2.28. The summed E-state index contributed by atoms with van der Waals surface area (Å²) >= 11 is 0. The smallest absolute Gasteiger partial charge is 0.121 e.